The highest BCUT2D eigenvalue weighted by molar-refractivity contribution is 6.32. The lowest BCUT2D eigenvalue weighted by atomic mass is 9.74. The van der Waals surface area contributed by atoms with Gasteiger partial charge in [0.15, 0.2) is 0 Å². The van der Waals surface area contributed by atoms with Crippen LogP contribution in [0.25, 0.3) is 0 Å². The summed E-state index contributed by atoms with van der Waals surface area (Å²) >= 11 is 6.11. The highest BCUT2D eigenvalue weighted by atomic mass is 35.5. The van der Waals surface area contributed by atoms with E-state index < -0.39 is 23.3 Å². The monoisotopic (exact) mass is 508 g/mol. The molecule has 188 valence electrons. The van der Waals surface area contributed by atoms with E-state index in [1.807, 2.05) is 56.3 Å². The van der Waals surface area contributed by atoms with Gasteiger partial charge in [-0.3, -0.25) is 30.0 Å². The third-order valence-electron chi connectivity index (χ3n) is 5.94. The van der Waals surface area contributed by atoms with Gasteiger partial charge in [-0.2, -0.15) is 0 Å². The molecule has 0 saturated carbocycles. The van der Waals surface area contributed by atoms with Crippen molar-refractivity contribution in [1.29, 1.82) is 0 Å². The second-order valence-electron chi connectivity index (χ2n) is 9.06. The quantitative estimate of drug-likeness (QED) is 0.468. The molecule has 4 rings (SSSR count). The Balaban J connectivity index is 0.000000207. The van der Waals surface area contributed by atoms with Crippen molar-refractivity contribution >= 4 is 46.8 Å². The number of hydrogen-bond acceptors (Lipinski definition) is 5. The molecule has 0 spiro atoms. The Bertz CT molecular complexity index is 1200. The summed E-state index contributed by atoms with van der Waals surface area (Å²) in [5, 5.41) is 4.90. The molecule has 0 radical (unpaired) electrons. The standard InChI is InChI=1S/C16H13ClN2O.C11H16N2O3/c1-19-14-8-7-12(17)9-13(14)16(18-10-15(19)20)11-5-3-2-4-6-11;1-4-5-11(6-7(2)3)8(14)12-10(16)13-9(11)15/h2-9H,10H2,1H3;4,7H,1,5-6H2,2-3H3,(H2,12,13,14,15,16). The number of hydrogen-bond donors (Lipinski definition) is 2. The van der Waals surface area contributed by atoms with Gasteiger partial charge in [0.05, 0.1) is 11.4 Å². The molecule has 2 aliphatic heterocycles. The Morgan fingerprint density at radius 1 is 1.08 bits per heavy atom. The fourth-order valence-electron chi connectivity index (χ4n) is 4.28. The van der Waals surface area contributed by atoms with Crippen LogP contribution in [-0.2, 0) is 14.4 Å². The number of benzodiazepines with no additional fused rings is 1. The number of fused-ring (bicyclic) bond motifs is 1. The van der Waals surface area contributed by atoms with E-state index in [0.29, 0.717) is 11.4 Å². The van der Waals surface area contributed by atoms with Crippen LogP contribution in [0, 0.1) is 11.3 Å². The first-order chi connectivity index (χ1) is 17.1. The van der Waals surface area contributed by atoms with Gasteiger partial charge in [-0.1, -0.05) is 61.9 Å². The van der Waals surface area contributed by atoms with Crippen LogP contribution in [0.5, 0.6) is 0 Å². The first-order valence-corrected chi connectivity index (χ1v) is 11.9. The number of urea groups is 1. The fraction of sp³-hybridized carbons (Fsp3) is 0.296. The third kappa shape index (κ3) is 5.71. The first kappa shape index (κ1) is 26.8. The zero-order valence-electron chi connectivity index (χ0n) is 20.5. The number of carbonyl (C=O) groups excluding carboxylic acids is 4. The number of carbonyl (C=O) groups is 4. The molecule has 2 heterocycles. The van der Waals surface area contributed by atoms with E-state index in [4.69, 9.17) is 11.6 Å². The van der Waals surface area contributed by atoms with Crippen molar-refractivity contribution in [3.8, 4) is 0 Å². The Morgan fingerprint density at radius 2 is 1.72 bits per heavy atom. The van der Waals surface area contributed by atoms with Crippen molar-refractivity contribution in [3.05, 3.63) is 77.3 Å². The lowest BCUT2D eigenvalue weighted by Gasteiger charge is -2.34. The number of nitrogens with one attached hydrogen (secondary N) is 2. The van der Waals surface area contributed by atoms with Crippen LogP contribution in [0.15, 0.2) is 66.2 Å². The Hall–Kier alpha value is -3.78. The number of imide groups is 2. The van der Waals surface area contributed by atoms with Gasteiger partial charge in [0.2, 0.25) is 17.7 Å². The summed E-state index contributed by atoms with van der Waals surface area (Å²) in [5.41, 5.74) is 2.32. The molecule has 36 heavy (non-hydrogen) atoms. The molecule has 0 aromatic heterocycles. The van der Waals surface area contributed by atoms with Gasteiger partial charge in [0.1, 0.15) is 12.0 Å². The molecule has 0 atom stereocenters. The van der Waals surface area contributed by atoms with Gasteiger partial charge >= 0.3 is 6.03 Å². The molecule has 2 aromatic rings. The Morgan fingerprint density at radius 3 is 2.31 bits per heavy atom. The van der Waals surface area contributed by atoms with Gasteiger partial charge in [-0.05, 0) is 37.0 Å². The average Bonchev–Trinajstić information content (AvgIpc) is 2.94. The smallest absolute Gasteiger partial charge is 0.313 e. The lowest BCUT2D eigenvalue weighted by Crippen LogP contribution is -2.62. The summed E-state index contributed by atoms with van der Waals surface area (Å²) in [4.78, 5) is 52.7. The molecular formula is C27H29ClN4O4. The number of nitrogens with zero attached hydrogens (tertiary/aromatic N) is 2. The molecule has 8 nitrogen and oxygen atoms in total. The topological polar surface area (TPSA) is 108 Å². The highest BCUT2D eigenvalue weighted by Gasteiger charge is 2.49. The molecule has 9 heteroatoms. The maximum Gasteiger partial charge on any atom is 0.328 e. The van der Waals surface area contributed by atoms with Crippen LogP contribution in [0.4, 0.5) is 10.5 Å². The predicted octanol–water partition coefficient (Wildman–Crippen LogP) is 4.11. The summed E-state index contributed by atoms with van der Waals surface area (Å²) in [6.45, 7) is 7.53. The van der Waals surface area contributed by atoms with Crippen molar-refractivity contribution in [2.75, 3.05) is 18.5 Å². The summed E-state index contributed by atoms with van der Waals surface area (Å²) in [6, 6.07) is 14.6. The second kappa shape index (κ2) is 11.3. The summed E-state index contributed by atoms with van der Waals surface area (Å²) < 4.78 is 0. The molecular weight excluding hydrogens is 480 g/mol. The van der Waals surface area contributed by atoms with Crippen molar-refractivity contribution in [2.24, 2.45) is 16.3 Å². The normalized spacial score (nSPS) is 16.7. The number of barbiturate groups is 1. The number of anilines is 1. The van der Waals surface area contributed by atoms with E-state index >= 15 is 0 Å². The van der Waals surface area contributed by atoms with E-state index in [0.717, 1.165) is 22.5 Å². The molecule has 2 aliphatic rings. The molecule has 0 bridgehead atoms. The van der Waals surface area contributed by atoms with Crippen LogP contribution in [0.3, 0.4) is 0 Å². The van der Waals surface area contributed by atoms with E-state index in [-0.39, 0.29) is 24.8 Å². The average molecular weight is 509 g/mol. The molecule has 1 fully saturated rings. The van der Waals surface area contributed by atoms with E-state index in [2.05, 4.69) is 22.2 Å². The zero-order chi connectivity index (χ0) is 26.5. The van der Waals surface area contributed by atoms with Crippen LogP contribution in [-0.4, -0.2) is 43.1 Å². The van der Waals surface area contributed by atoms with Crippen molar-refractivity contribution in [1.82, 2.24) is 10.6 Å². The third-order valence-corrected chi connectivity index (χ3v) is 6.18. The maximum atomic E-state index is 12.0. The number of benzene rings is 2. The molecule has 0 aliphatic carbocycles. The molecule has 2 aromatic carbocycles. The van der Waals surface area contributed by atoms with Gasteiger partial charge in [-0.15, -0.1) is 6.58 Å². The fourth-order valence-corrected chi connectivity index (χ4v) is 4.45. The largest absolute Gasteiger partial charge is 0.328 e. The molecule has 5 amide bonds. The van der Waals surface area contributed by atoms with Gasteiger partial charge in [0, 0.05) is 23.2 Å². The SMILES string of the molecule is C=CCC1(CC(C)C)C(=O)NC(=O)NC1=O.CN1C(=O)CN=C(c2ccccc2)c2cc(Cl)ccc21. The maximum absolute atomic E-state index is 12.0. The first-order valence-electron chi connectivity index (χ1n) is 11.5. The summed E-state index contributed by atoms with van der Waals surface area (Å²) in [6.07, 6.45) is 2.15. The van der Waals surface area contributed by atoms with Crippen LogP contribution < -0.4 is 15.5 Å². The summed E-state index contributed by atoms with van der Waals surface area (Å²) in [7, 11) is 1.76. The number of aliphatic imine (C=N–C) groups is 1. The number of halogens is 1. The number of amides is 5. The number of likely N-dealkylation sites (N-methyl/N-ethyl adjacent to an activating group) is 1. The van der Waals surface area contributed by atoms with Gasteiger partial charge in [-0.25, -0.2) is 4.79 Å². The molecule has 1 saturated heterocycles. The Labute approximate surface area is 215 Å². The zero-order valence-corrected chi connectivity index (χ0v) is 21.3. The minimum Gasteiger partial charge on any atom is -0.313 e. The van der Waals surface area contributed by atoms with Gasteiger partial charge < -0.3 is 4.90 Å². The van der Waals surface area contributed by atoms with Crippen molar-refractivity contribution in [2.45, 2.75) is 26.7 Å². The minimum absolute atomic E-state index is 0.0282. The second-order valence-corrected chi connectivity index (χ2v) is 9.49. The minimum atomic E-state index is -1.19. The lowest BCUT2D eigenvalue weighted by molar-refractivity contribution is -0.145. The molecule has 2 N–H and O–H groups in total. The molecule has 0 unspecified atom stereocenters. The highest BCUT2D eigenvalue weighted by Crippen LogP contribution is 2.33. The Kier molecular flexibility index (Phi) is 8.42. The summed E-state index contributed by atoms with van der Waals surface area (Å²) in [5.74, 6) is -0.922. The van der Waals surface area contributed by atoms with E-state index in [9.17, 15) is 19.2 Å². The van der Waals surface area contributed by atoms with E-state index in [1.54, 1.807) is 18.0 Å². The van der Waals surface area contributed by atoms with Crippen LogP contribution in [0.1, 0.15) is 37.8 Å². The predicted molar refractivity (Wildman–Crippen MR) is 140 cm³/mol. The van der Waals surface area contributed by atoms with Crippen molar-refractivity contribution < 1.29 is 19.2 Å². The van der Waals surface area contributed by atoms with Crippen LogP contribution >= 0.6 is 11.6 Å². The van der Waals surface area contributed by atoms with Crippen LogP contribution in [0.2, 0.25) is 5.02 Å². The van der Waals surface area contributed by atoms with E-state index in [1.165, 1.54) is 6.08 Å². The number of rotatable bonds is 5. The van der Waals surface area contributed by atoms with Gasteiger partial charge in [0.25, 0.3) is 0 Å². The number of allylic oxidation sites excluding steroid dienone is 1. The van der Waals surface area contributed by atoms with Crippen molar-refractivity contribution in [3.63, 3.8) is 0 Å².